The van der Waals surface area contributed by atoms with Gasteiger partial charge in [-0.25, -0.2) is 18.5 Å². The molecular formula is C33H45FN5O11P. The molecule has 0 amide bonds. The monoisotopic (exact) mass is 737 g/mol. The number of carbonyl (C=O) groups is 3. The van der Waals surface area contributed by atoms with E-state index in [1.165, 1.54) is 43.5 Å². The van der Waals surface area contributed by atoms with Crippen molar-refractivity contribution < 1.29 is 56.4 Å². The number of rotatable bonds is 16. The molecule has 3 aromatic rings. The predicted octanol–water partition coefficient (Wildman–Crippen LogP) is 3.51. The highest BCUT2D eigenvalue weighted by molar-refractivity contribution is 7.52. The normalized spacial score (nSPS) is 22.5. The molecule has 1 fully saturated rings. The van der Waals surface area contributed by atoms with Crippen LogP contribution in [-0.2, 0) is 48.0 Å². The van der Waals surface area contributed by atoms with Gasteiger partial charge in [-0.15, -0.1) is 0 Å². The largest absolute Gasteiger partial charge is 0.461 e. The molecule has 0 saturated carbocycles. The molecule has 18 heteroatoms. The summed E-state index contributed by atoms with van der Waals surface area (Å²) in [6.07, 6.45) is -0.599. The van der Waals surface area contributed by atoms with Crippen LogP contribution in [0.15, 0.2) is 48.8 Å². The molecule has 280 valence electrons. The molecule has 1 aliphatic heterocycles. The van der Waals surface area contributed by atoms with Crippen molar-refractivity contribution in [2.75, 3.05) is 32.2 Å². The number of nitrogens with zero attached hydrogens (tertiary/aromatic N) is 3. The lowest BCUT2D eigenvalue weighted by Crippen LogP contribution is -2.57. The molecule has 1 saturated heterocycles. The number of hydrogen-bond acceptors (Lipinski definition) is 14. The molecule has 0 aliphatic carbocycles. The van der Waals surface area contributed by atoms with E-state index in [9.17, 15) is 24.1 Å². The van der Waals surface area contributed by atoms with E-state index in [0.29, 0.717) is 5.52 Å². The minimum Gasteiger partial charge on any atom is -0.461 e. The van der Waals surface area contributed by atoms with Crippen LogP contribution < -0.4 is 15.3 Å². The zero-order valence-corrected chi connectivity index (χ0v) is 30.4. The second-order valence-electron chi connectivity index (χ2n) is 13.5. The Balaban J connectivity index is 1.79. The number of nitrogens with one attached hydrogen (secondary N) is 1. The first-order chi connectivity index (χ1) is 23.9. The summed E-state index contributed by atoms with van der Waals surface area (Å²) in [4.78, 5) is 43.4. The van der Waals surface area contributed by atoms with Crippen molar-refractivity contribution in [3.8, 4) is 5.75 Å². The summed E-state index contributed by atoms with van der Waals surface area (Å²) in [5.41, 5.74) is 0.847. The van der Waals surface area contributed by atoms with Crippen molar-refractivity contribution in [1.82, 2.24) is 19.7 Å². The summed E-state index contributed by atoms with van der Waals surface area (Å²) in [6.45, 7) is 7.21. The second kappa shape index (κ2) is 15.6. The minimum atomic E-state index is -4.64. The molecule has 0 radical (unpaired) electrons. The Morgan fingerprint density at radius 3 is 2.37 bits per heavy atom. The van der Waals surface area contributed by atoms with Gasteiger partial charge in [0.25, 0.3) is 0 Å². The summed E-state index contributed by atoms with van der Waals surface area (Å²) < 4.78 is 66.2. The summed E-state index contributed by atoms with van der Waals surface area (Å²) in [6, 6.07) is 9.55. The van der Waals surface area contributed by atoms with Crippen molar-refractivity contribution in [2.24, 2.45) is 11.8 Å². The number of nitrogen functional groups attached to an aromatic ring is 1. The molecule has 3 heterocycles. The van der Waals surface area contributed by atoms with E-state index < -0.39 is 86.3 Å². The summed E-state index contributed by atoms with van der Waals surface area (Å²) in [5, 5.41) is 16.7. The van der Waals surface area contributed by atoms with Crippen LogP contribution in [0.4, 0.5) is 10.2 Å². The lowest BCUT2D eigenvalue weighted by Gasteiger charge is -2.39. The Labute approximate surface area is 294 Å². The molecular weight excluding hydrogens is 692 g/mol. The third kappa shape index (κ3) is 9.02. The van der Waals surface area contributed by atoms with Crippen molar-refractivity contribution in [3.05, 3.63) is 54.5 Å². The van der Waals surface area contributed by atoms with Crippen LogP contribution in [0.5, 0.6) is 5.75 Å². The van der Waals surface area contributed by atoms with Crippen LogP contribution in [0.3, 0.4) is 0 Å². The van der Waals surface area contributed by atoms with Crippen molar-refractivity contribution >= 4 is 37.0 Å². The van der Waals surface area contributed by atoms with Gasteiger partial charge < -0.3 is 34.3 Å². The zero-order valence-electron chi connectivity index (χ0n) is 29.5. The second-order valence-corrected chi connectivity index (χ2v) is 15.2. The standard InChI is InChI=1S/C33H45FN5O11P/c1-20(2)27(40)48-30-32(15-34,46-18-33(30,49-28(41)21(3)4)25-14-13-24-26(35)36-19-37-39(24)25)17-47-51(44,50-23-11-9-8-10-12-23)38-22(5)29(42)45-16-31(6,7)43/h8-14,19-22,30,43H,15-18H2,1-7H3,(H,38,44)(H2,35,36,37)/t22-,30+,32+,33-,51-/m0/s1. The number of nitrogens with two attached hydrogens (primary N) is 1. The third-order valence-corrected chi connectivity index (χ3v) is 9.42. The zero-order chi connectivity index (χ0) is 37.8. The number of aromatic nitrogens is 3. The number of esters is 3. The summed E-state index contributed by atoms with van der Waals surface area (Å²) in [5.74, 6) is -3.71. The van der Waals surface area contributed by atoms with E-state index in [2.05, 4.69) is 15.2 Å². The average Bonchev–Trinajstić information content (AvgIpc) is 3.64. The molecule has 4 rings (SSSR count). The van der Waals surface area contributed by atoms with E-state index in [0.717, 1.165) is 6.33 Å². The molecule has 2 aromatic heterocycles. The number of anilines is 1. The lowest BCUT2D eigenvalue weighted by atomic mass is 9.85. The number of hydrogen-bond donors (Lipinski definition) is 3. The van der Waals surface area contributed by atoms with Crippen LogP contribution >= 0.6 is 7.75 Å². The van der Waals surface area contributed by atoms with E-state index in [-0.39, 0.29) is 23.9 Å². The van der Waals surface area contributed by atoms with Gasteiger partial charge in [-0.1, -0.05) is 45.9 Å². The van der Waals surface area contributed by atoms with Gasteiger partial charge in [0, 0.05) is 0 Å². The molecule has 0 spiro atoms. The van der Waals surface area contributed by atoms with Gasteiger partial charge in [0.05, 0.1) is 36.3 Å². The van der Waals surface area contributed by atoms with Gasteiger partial charge in [-0.2, -0.15) is 10.2 Å². The molecule has 0 unspecified atom stereocenters. The lowest BCUT2D eigenvalue weighted by molar-refractivity contribution is -0.195. The highest BCUT2D eigenvalue weighted by Crippen LogP contribution is 2.51. The number of halogens is 1. The summed E-state index contributed by atoms with van der Waals surface area (Å²) >= 11 is 0. The predicted molar refractivity (Wildman–Crippen MR) is 180 cm³/mol. The van der Waals surface area contributed by atoms with Crippen LogP contribution in [0.1, 0.15) is 54.2 Å². The van der Waals surface area contributed by atoms with Crippen LogP contribution in [-0.4, -0.2) is 87.5 Å². The first-order valence-corrected chi connectivity index (χ1v) is 17.8. The Hall–Kier alpha value is -4.15. The number of carbonyl (C=O) groups excluding carboxylic acids is 3. The molecule has 51 heavy (non-hydrogen) atoms. The number of alkyl halides is 1. The van der Waals surface area contributed by atoms with Crippen molar-refractivity contribution in [1.29, 1.82) is 0 Å². The Bertz CT molecular complexity index is 1750. The van der Waals surface area contributed by atoms with Gasteiger partial charge in [-0.3, -0.25) is 18.9 Å². The minimum absolute atomic E-state index is 0.0620. The average molecular weight is 738 g/mol. The van der Waals surface area contributed by atoms with Crippen LogP contribution in [0.2, 0.25) is 0 Å². The molecule has 1 aromatic carbocycles. The fraction of sp³-hybridized carbons (Fsp3) is 0.545. The maximum Gasteiger partial charge on any atom is 0.459 e. The Kier molecular flexibility index (Phi) is 12.1. The molecule has 0 bridgehead atoms. The third-order valence-electron chi connectivity index (χ3n) is 7.80. The first-order valence-electron chi connectivity index (χ1n) is 16.2. The fourth-order valence-corrected chi connectivity index (χ4v) is 6.58. The van der Waals surface area contributed by atoms with E-state index in [4.69, 9.17) is 33.7 Å². The SMILES string of the molecule is CC(C)C(=O)O[C@@H]1[C@@](CF)(CO[P@@](=O)(N[C@@H](C)C(=O)OCC(C)(C)O)Oc2ccccc2)OC[C@]1(OC(=O)C(C)C)c1ccc2c(N)ncnn12. The number of aliphatic hydroxyl groups is 1. The number of para-hydroxylation sites is 1. The quantitative estimate of drug-likeness (QED) is 0.109. The van der Waals surface area contributed by atoms with Gasteiger partial charge in [0.15, 0.2) is 17.5 Å². The topological polar surface area (TPSA) is 212 Å². The van der Waals surface area contributed by atoms with Crippen molar-refractivity contribution in [2.45, 2.75) is 77.4 Å². The number of fused-ring (bicyclic) bond motifs is 1. The Morgan fingerprint density at radius 1 is 1.10 bits per heavy atom. The number of benzene rings is 1. The van der Waals surface area contributed by atoms with Gasteiger partial charge in [-0.05, 0) is 45.0 Å². The van der Waals surface area contributed by atoms with E-state index >= 15 is 4.39 Å². The number of ether oxygens (including phenoxy) is 4. The highest BCUT2D eigenvalue weighted by Gasteiger charge is 2.66. The van der Waals surface area contributed by atoms with E-state index in [1.54, 1.807) is 52.0 Å². The van der Waals surface area contributed by atoms with E-state index in [1.807, 2.05) is 0 Å². The molecule has 1 aliphatic rings. The van der Waals surface area contributed by atoms with Gasteiger partial charge in [0.1, 0.15) is 36.9 Å². The molecule has 16 nitrogen and oxygen atoms in total. The fourth-order valence-electron chi connectivity index (χ4n) is 5.03. The summed E-state index contributed by atoms with van der Waals surface area (Å²) in [7, 11) is -4.64. The van der Waals surface area contributed by atoms with Crippen molar-refractivity contribution in [3.63, 3.8) is 0 Å². The van der Waals surface area contributed by atoms with Crippen LogP contribution in [0, 0.1) is 11.8 Å². The molecule has 4 N–H and O–H groups in total. The Morgan fingerprint density at radius 2 is 1.76 bits per heavy atom. The first kappa shape index (κ1) is 39.6. The maximum atomic E-state index is 15.7. The molecule has 5 atom stereocenters. The van der Waals surface area contributed by atoms with Crippen LogP contribution in [0.25, 0.3) is 5.52 Å². The highest BCUT2D eigenvalue weighted by atomic mass is 31.2. The smallest absolute Gasteiger partial charge is 0.459 e. The van der Waals surface area contributed by atoms with Gasteiger partial charge >= 0.3 is 25.7 Å². The van der Waals surface area contributed by atoms with Gasteiger partial charge in [0.2, 0.25) is 5.60 Å². The maximum absolute atomic E-state index is 15.7.